The average molecular weight is 345 g/mol. The van der Waals surface area contributed by atoms with E-state index in [0.717, 1.165) is 18.7 Å². The van der Waals surface area contributed by atoms with E-state index < -0.39 is 5.41 Å². The molecule has 3 amide bonds. The molecule has 1 aliphatic rings. The van der Waals surface area contributed by atoms with Gasteiger partial charge in [-0.2, -0.15) is 0 Å². The monoisotopic (exact) mass is 345 g/mol. The normalized spacial score (nSPS) is 14.5. The first-order valence-electron chi connectivity index (χ1n) is 8.76. The number of hydrogen-bond acceptors (Lipinski definition) is 3. The molecule has 0 bridgehead atoms. The third-order valence-electron chi connectivity index (χ3n) is 4.08. The Morgan fingerprint density at radius 2 is 1.84 bits per heavy atom. The largest absolute Gasteiger partial charge is 0.356 e. The maximum atomic E-state index is 12.0. The third-order valence-corrected chi connectivity index (χ3v) is 4.08. The first kappa shape index (κ1) is 19.0. The Balaban J connectivity index is 1.73. The Morgan fingerprint density at radius 1 is 1.16 bits per heavy atom. The van der Waals surface area contributed by atoms with E-state index in [1.54, 1.807) is 17.0 Å². The van der Waals surface area contributed by atoms with Crippen LogP contribution in [0, 0.1) is 5.41 Å². The predicted octanol–water partition coefficient (Wildman–Crippen LogP) is 2.69. The van der Waals surface area contributed by atoms with Gasteiger partial charge in [0.05, 0.1) is 0 Å². The number of rotatable bonds is 6. The number of carbonyl (C=O) groups is 3. The summed E-state index contributed by atoms with van der Waals surface area (Å²) in [5.74, 6) is 0.0454. The Labute approximate surface area is 149 Å². The summed E-state index contributed by atoms with van der Waals surface area (Å²) in [7, 11) is 0. The van der Waals surface area contributed by atoms with Gasteiger partial charge in [0.2, 0.25) is 17.7 Å². The highest BCUT2D eigenvalue weighted by molar-refractivity contribution is 5.96. The number of hydrogen-bond donors (Lipinski definition) is 2. The Morgan fingerprint density at radius 3 is 2.40 bits per heavy atom. The lowest BCUT2D eigenvalue weighted by atomic mass is 9.96. The van der Waals surface area contributed by atoms with Gasteiger partial charge in [0.1, 0.15) is 0 Å². The van der Waals surface area contributed by atoms with E-state index in [1.807, 2.05) is 32.9 Å². The van der Waals surface area contributed by atoms with E-state index in [4.69, 9.17) is 0 Å². The van der Waals surface area contributed by atoms with Crippen LogP contribution in [-0.2, 0) is 14.4 Å². The molecule has 1 fully saturated rings. The minimum absolute atomic E-state index is 0.0139. The van der Waals surface area contributed by atoms with E-state index in [1.165, 1.54) is 0 Å². The molecule has 0 spiro atoms. The van der Waals surface area contributed by atoms with Crippen LogP contribution in [0.1, 0.15) is 46.5 Å². The summed E-state index contributed by atoms with van der Waals surface area (Å²) >= 11 is 0. The van der Waals surface area contributed by atoms with Crippen LogP contribution in [0.4, 0.5) is 11.4 Å². The number of nitrogens with zero attached hydrogens (tertiary/aromatic N) is 1. The lowest BCUT2D eigenvalue weighted by Crippen LogP contribution is -2.35. The molecular formula is C19H27N3O3. The average Bonchev–Trinajstić information content (AvgIpc) is 2.97. The van der Waals surface area contributed by atoms with Gasteiger partial charge in [-0.3, -0.25) is 14.4 Å². The molecule has 0 radical (unpaired) electrons. The van der Waals surface area contributed by atoms with E-state index in [2.05, 4.69) is 10.6 Å². The van der Waals surface area contributed by atoms with Crippen molar-refractivity contribution in [1.82, 2.24) is 5.32 Å². The molecule has 1 saturated heterocycles. The van der Waals surface area contributed by atoms with Crippen molar-refractivity contribution in [3.8, 4) is 0 Å². The van der Waals surface area contributed by atoms with Crippen LogP contribution < -0.4 is 15.5 Å². The van der Waals surface area contributed by atoms with Gasteiger partial charge in [0, 0.05) is 42.7 Å². The van der Waals surface area contributed by atoms with Gasteiger partial charge in [-0.05, 0) is 37.1 Å². The van der Waals surface area contributed by atoms with Gasteiger partial charge in [-0.25, -0.2) is 0 Å². The maximum absolute atomic E-state index is 12.0. The molecule has 0 unspecified atom stereocenters. The fourth-order valence-electron chi connectivity index (χ4n) is 2.59. The SMILES string of the molecule is CC(C)(C)C(=O)NCCCC(=O)Nc1ccc(N2CCCC2=O)cc1. The number of benzene rings is 1. The molecular weight excluding hydrogens is 318 g/mol. The van der Waals surface area contributed by atoms with Crippen LogP contribution in [-0.4, -0.2) is 30.8 Å². The zero-order valence-corrected chi connectivity index (χ0v) is 15.2. The lowest BCUT2D eigenvalue weighted by Gasteiger charge is -2.17. The molecule has 0 aliphatic carbocycles. The van der Waals surface area contributed by atoms with E-state index in [-0.39, 0.29) is 17.7 Å². The van der Waals surface area contributed by atoms with Crippen LogP contribution in [0.3, 0.4) is 0 Å². The summed E-state index contributed by atoms with van der Waals surface area (Å²) < 4.78 is 0. The van der Waals surface area contributed by atoms with Crippen molar-refractivity contribution in [1.29, 1.82) is 0 Å². The van der Waals surface area contributed by atoms with Crippen molar-refractivity contribution >= 4 is 29.1 Å². The highest BCUT2D eigenvalue weighted by Gasteiger charge is 2.21. The number of amides is 3. The highest BCUT2D eigenvalue weighted by Crippen LogP contribution is 2.23. The summed E-state index contributed by atoms with van der Waals surface area (Å²) in [5.41, 5.74) is 1.16. The first-order valence-corrected chi connectivity index (χ1v) is 8.76. The Bertz CT molecular complexity index is 632. The quantitative estimate of drug-likeness (QED) is 0.778. The Hall–Kier alpha value is -2.37. The summed E-state index contributed by atoms with van der Waals surface area (Å²) in [6.45, 7) is 6.81. The van der Waals surface area contributed by atoms with Gasteiger partial charge < -0.3 is 15.5 Å². The summed E-state index contributed by atoms with van der Waals surface area (Å²) in [6.07, 6.45) is 2.43. The van der Waals surface area contributed by atoms with E-state index in [0.29, 0.717) is 31.5 Å². The van der Waals surface area contributed by atoms with Crippen molar-refractivity contribution in [2.75, 3.05) is 23.3 Å². The smallest absolute Gasteiger partial charge is 0.227 e. The van der Waals surface area contributed by atoms with Gasteiger partial charge >= 0.3 is 0 Å². The van der Waals surface area contributed by atoms with Crippen LogP contribution in [0.15, 0.2) is 24.3 Å². The molecule has 6 heteroatoms. The standard InChI is InChI=1S/C19H27N3O3/c1-19(2,3)18(25)20-12-4-6-16(23)21-14-8-10-15(11-9-14)22-13-5-7-17(22)24/h8-11H,4-7,12-13H2,1-3H3,(H,20,25)(H,21,23). The van der Waals surface area contributed by atoms with Gasteiger partial charge in [0.15, 0.2) is 0 Å². The second-order valence-corrected chi connectivity index (χ2v) is 7.35. The number of carbonyl (C=O) groups excluding carboxylic acids is 3. The highest BCUT2D eigenvalue weighted by atomic mass is 16.2. The van der Waals surface area contributed by atoms with Crippen LogP contribution >= 0.6 is 0 Å². The van der Waals surface area contributed by atoms with Crippen molar-refractivity contribution in [3.63, 3.8) is 0 Å². The molecule has 2 rings (SSSR count). The molecule has 25 heavy (non-hydrogen) atoms. The molecule has 0 saturated carbocycles. The van der Waals surface area contributed by atoms with Crippen molar-refractivity contribution in [3.05, 3.63) is 24.3 Å². The number of nitrogens with one attached hydrogen (secondary N) is 2. The van der Waals surface area contributed by atoms with Crippen LogP contribution in [0.5, 0.6) is 0 Å². The van der Waals surface area contributed by atoms with Gasteiger partial charge in [-0.1, -0.05) is 20.8 Å². The fraction of sp³-hybridized carbons (Fsp3) is 0.526. The molecule has 1 aliphatic heterocycles. The molecule has 2 N–H and O–H groups in total. The molecule has 1 aromatic carbocycles. The second-order valence-electron chi connectivity index (χ2n) is 7.35. The maximum Gasteiger partial charge on any atom is 0.227 e. The van der Waals surface area contributed by atoms with Crippen molar-refractivity contribution in [2.24, 2.45) is 5.41 Å². The minimum atomic E-state index is -0.416. The molecule has 6 nitrogen and oxygen atoms in total. The van der Waals surface area contributed by atoms with Crippen molar-refractivity contribution < 1.29 is 14.4 Å². The predicted molar refractivity (Wildman–Crippen MR) is 98.4 cm³/mol. The minimum Gasteiger partial charge on any atom is -0.356 e. The van der Waals surface area contributed by atoms with Crippen LogP contribution in [0.25, 0.3) is 0 Å². The second kappa shape index (κ2) is 8.14. The van der Waals surface area contributed by atoms with Crippen molar-refractivity contribution in [2.45, 2.75) is 46.5 Å². The molecule has 1 heterocycles. The summed E-state index contributed by atoms with van der Waals surface area (Å²) in [4.78, 5) is 37.2. The lowest BCUT2D eigenvalue weighted by molar-refractivity contribution is -0.128. The Kier molecular flexibility index (Phi) is 6.17. The van der Waals surface area contributed by atoms with E-state index in [9.17, 15) is 14.4 Å². The molecule has 0 atom stereocenters. The first-order chi connectivity index (χ1) is 11.8. The molecule has 0 aromatic heterocycles. The van der Waals surface area contributed by atoms with Crippen LogP contribution in [0.2, 0.25) is 0 Å². The molecule has 1 aromatic rings. The van der Waals surface area contributed by atoms with E-state index >= 15 is 0 Å². The number of anilines is 2. The van der Waals surface area contributed by atoms with Gasteiger partial charge in [0.25, 0.3) is 0 Å². The summed E-state index contributed by atoms with van der Waals surface area (Å²) in [5, 5.41) is 5.66. The molecule has 136 valence electrons. The zero-order valence-electron chi connectivity index (χ0n) is 15.2. The fourth-order valence-corrected chi connectivity index (χ4v) is 2.59. The third kappa shape index (κ3) is 5.59. The zero-order chi connectivity index (χ0) is 18.4. The summed E-state index contributed by atoms with van der Waals surface area (Å²) in [6, 6.07) is 7.31. The van der Waals surface area contributed by atoms with Gasteiger partial charge in [-0.15, -0.1) is 0 Å². The topological polar surface area (TPSA) is 78.5 Å².